The van der Waals surface area contributed by atoms with Gasteiger partial charge in [0.25, 0.3) is 0 Å². The lowest BCUT2D eigenvalue weighted by Crippen LogP contribution is -2.37. The van der Waals surface area contributed by atoms with E-state index >= 15 is 0 Å². The highest BCUT2D eigenvalue weighted by atomic mass is 79.9. The van der Waals surface area contributed by atoms with E-state index in [1.807, 2.05) is 0 Å². The highest BCUT2D eigenvalue weighted by Crippen LogP contribution is 2.15. The van der Waals surface area contributed by atoms with Crippen molar-refractivity contribution in [2.75, 3.05) is 5.32 Å². The second kappa shape index (κ2) is 7.35. The van der Waals surface area contributed by atoms with Crippen LogP contribution in [0.15, 0.2) is 46.9 Å². The number of halogens is 3. The molecule has 1 unspecified atom stereocenters. The molecule has 0 bridgehead atoms. The van der Waals surface area contributed by atoms with Crippen LogP contribution in [0.5, 0.6) is 0 Å². The van der Waals surface area contributed by atoms with E-state index in [9.17, 15) is 13.6 Å². The van der Waals surface area contributed by atoms with E-state index < -0.39 is 23.7 Å². The van der Waals surface area contributed by atoms with Crippen LogP contribution < -0.4 is 10.6 Å². The Hall–Kier alpha value is -1.95. The Morgan fingerprint density at radius 3 is 2.32 bits per heavy atom. The summed E-state index contributed by atoms with van der Waals surface area (Å²) in [6.45, 7) is 1.69. The minimum absolute atomic E-state index is 0.0288. The summed E-state index contributed by atoms with van der Waals surface area (Å²) in [6.07, 6.45) is 0.0757. The summed E-state index contributed by atoms with van der Waals surface area (Å²) >= 11 is 3.30. The molecule has 2 amide bonds. The van der Waals surface area contributed by atoms with Crippen LogP contribution in [0.4, 0.5) is 19.3 Å². The first-order chi connectivity index (χ1) is 10.5. The number of urea groups is 1. The Labute approximate surface area is 135 Å². The van der Waals surface area contributed by atoms with Crippen molar-refractivity contribution in [2.24, 2.45) is 0 Å². The van der Waals surface area contributed by atoms with Crippen LogP contribution in [-0.2, 0) is 6.42 Å². The summed E-state index contributed by atoms with van der Waals surface area (Å²) in [4.78, 5) is 11.8. The van der Waals surface area contributed by atoms with Gasteiger partial charge in [-0.05, 0) is 49.7 Å². The number of hydrogen-bond donors (Lipinski definition) is 2. The zero-order valence-electron chi connectivity index (χ0n) is 11.9. The normalized spacial score (nSPS) is 11.8. The van der Waals surface area contributed by atoms with Crippen molar-refractivity contribution in [3.8, 4) is 0 Å². The molecule has 22 heavy (non-hydrogen) atoms. The number of carbonyl (C=O) groups is 1. The standard InChI is InChI=1S/C16H15BrF2N2O/c1-10(9-13-14(18)3-2-4-15(13)19)20-16(22)21-12-7-5-11(17)6-8-12/h2-8,10H,9H2,1H3,(H2,20,21,22). The number of benzene rings is 2. The molecule has 116 valence electrons. The van der Waals surface area contributed by atoms with Crippen LogP contribution in [0.1, 0.15) is 12.5 Å². The average Bonchev–Trinajstić information content (AvgIpc) is 2.45. The van der Waals surface area contributed by atoms with E-state index in [1.54, 1.807) is 31.2 Å². The molecule has 0 radical (unpaired) electrons. The highest BCUT2D eigenvalue weighted by molar-refractivity contribution is 9.10. The molecule has 6 heteroatoms. The van der Waals surface area contributed by atoms with Gasteiger partial charge < -0.3 is 10.6 Å². The lowest BCUT2D eigenvalue weighted by Gasteiger charge is -2.15. The highest BCUT2D eigenvalue weighted by Gasteiger charge is 2.14. The predicted molar refractivity (Wildman–Crippen MR) is 85.8 cm³/mol. The Morgan fingerprint density at radius 1 is 1.14 bits per heavy atom. The molecule has 0 saturated heterocycles. The minimum atomic E-state index is -0.609. The molecule has 0 aliphatic carbocycles. The number of anilines is 1. The summed E-state index contributed by atoms with van der Waals surface area (Å²) in [6, 6.07) is 9.96. The quantitative estimate of drug-likeness (QED) is 0.820. The van der Waals surface area contributed by atoms with Crippen molar-refractivity contribution >= 4 is 27.6 Å². The molecular formula is C16H15BrF2N2O. The van der Waals surface area contributed by atoms with E-state index in [0.29, 0.717) is 5.69 Å². The fourth-order valence-electron chi connectivity index (χ4n) is 2.01. The van der Waals surface area contributed by atoms with Gasteiger partial charge in [-0.3, -0.25) is 0 Å². The average molecular weight is 369 g/mol. The largest absolute Gasteiger partial charge is 0.335 e. The molecule has 0 aliphatic rings. The number of nitrogens with one attached hydrogen (secondary N) is 2. The van der Waals surface area contributed by atoms with Gasteiger partial charge in [-0.25, -0.2) is 13.6 Å². The molecule has 2 N–H and O–H groups in total. The Balaban J connectivity index is 1.92. The van der Waals surface area contributed by atoms with Crippen LogP contribution in [0.2, 0.25) is 0 Å². The molecule has 0 saturated carbocycles. The third kappa shape index (κ3) is 4.53. The van der Waals surface area contributed by atoms with Crippen molar-refractivity contribution in [2.45, 2.75) is 19.4 Å². The fraction of sp³-hybridized carbons (Fsp3) is 0.188. The summed E-state index contributed by atoms with van der Waals surface area (Å²) < 4.78 is 28.0. The van der Waals surface area contributed by atoms with Crippen LogP contribution in [0, 0.1) is 11.6 Å². The lowest BCUT2D eigenvalue weighted by molar-refractivity contribution is 0.249. The SMILES string of the molecule is CC(Cc1c(F)cccc1F)NC(=O)Nc1ccc(Br)cc1. The van der Waals surface area contributed by atoms with Gasteiger partial charge in [-0.2, -0.15) is 0 Å². The van der Waals surface area contributed by atoms with Gasteiger partial charge in [0.05, 0.1) is 0 Å². The molecule has 0 aliphatic heterocycles. The Kier molecular flexibility index (Phi) is 5.49. The van der Waals surface area contributed by atoms with Crippen LogP contribution in [0.25, 0.3) is 0 Å². The first-order valence-corrected chi connectivity index (χ1v) is 7.51. The summed E-state index contributed by atoms with van der Waals surface area (Å²) in [5, 5.41) is 5.31. The first kappa shape index (κ1) is 16.4. The van der Waals surface area contributed by atoms with E-state index in [2.05, 4.69) is 26.6 Å². The van der Waals surface area contributed by atoms with Gasteiger partial charge >= 0.3 is 6.03 Å². The van der Waals surface area contributed by atoms with E-state index in [1.165, 1.54) is 18.2 Å². The monoisotopic (exact) mass is 368 g/mol. The molecule has 1 atom stereocenters. The first-order valence-electron chi connectivity index (χ1n) is 6.71. The lowest BCUT2D eigenvalue weighted by atomic mass is 10.1. The fourth-order valence-corrected chi connectivity index (χ4v) is 2.27. The van der Waals surface area contributed by atoms with E-state index in [4.69, 9.17) is 0 Å². The van der Waals surface area contributed by atoms with E-state index in [-0.39, 0.29) is 12.0 Å². The zero-order valence-corrected chi connectivity index (χ0v) is 13.5. The second-order valence-corrected chi connectivity index (χ2v) is 5.83. The van der Waals surface area contributed by atoms with Gasteiger partial charge in [-0.15, -0.1) is 0 Å². The molecule has 2 aromatic rings. The van der Waals surface area contributed by atoms with Gasteiger partial charge in [0.15, 0.2) is 0 Å². The predicted octanol–water partition coefficient (Wildman–Crippen LogP) is 4.48. The molecule has 0 heterocycles. The maximum Gasteiger partial charge on any atom is 0.319 e. The number of hydrogen-bond acceptors (Lipinski definition) is 1. The van der Waals surface area contributed by atoms with E-state index in [0.717, 1.165) is 4.47 Å². The molecular weight excluding hydrogens is 354 g/mol. The number of carbonyl (C=O) groups excluding carboxylic acids is 1. The molecule has 2 aromatic carbocycles. The third-order valence-electron chi connectivity index (χ3n) is 3.05. The third-order valence-corrected chi connectivity index (χ3v) is 3.58. The maximum absolute atomic E-state index is 13.6. The Morgan fingerprint density at radius 2 is 1.73 bits per heavy atom. The van der Waals surface area contributed by atoms with Gasteiger partial charge in [0, 0.05) is 21.8 Å². The summed E-state index contributed by atoms with van der Waals surface area (Å²) in [7, 11) is 0. The van der Waals surface area contributed by atoms with Crippen molar-refractivity contribution < 1.29 is 13.6 Å². The maximum atomic E-state index is 13.6. The summed E-state index contributed by atoms with van der Waals surface area (Å²) in [5.74, 6) is -1.22. The smallest absolute Gasteiger partial charge is 0.319 e. The van der Waals surface area contributed by atoms with Crippen LogP contribution in [0.3, 0.4) is 0 Å². The molecule has 0 fully saturated rings. The summed E-state index contributed by atoms with van der Waals surface area (Å²) in [5.41, 5.74) is 0.601. The van der Waals surface area contributed by atoms with Crippen molar-refractivity contribution in [3.63, 3.8) is 0 Å². The van der Waals surface area contributed by atoms with Gasteiger partial charge in [0.2, 0.25) is 0 Å². The van der Waals surface area contributed by atoms with Gasteiger partial charge in [-0.1, -0.05) is 22.0 Å². The molecule has 2 rings (SSSR count). The number of rotatable bonds is 4. The minimum Gasteiger partial charge on any atom is -0.335 e. The van der Waals surface area contributed by atoms with Crippen molar-refractivity contribution in [1.82, 2.24) is 5.32 Å². The molecule has 0 spiro atoms. The van der Waals surface area contributed by atoms with Crippen LogP contribution >= 0.6 is 15.9 Å². The second-order valence-electron chi connectivity index (χ2n) is 4.91. The number of amides is 2. The topological polar surface area (TPSA) is 41.1 Å². The van der Waals surface area contributed by atoms with Gasteiger partial charge in [0.1, 0.15) is 11.6 Å². The van der Waals surface area contributed by atoms with Crippen LogP contribution in [-0.4, -0.2) is 12.1 Å². The van der Waals surface area contributed by atoms with Crippen molar-refractivity contribution in [3.05, 3.63) is 64.1 Å². The zero-order chi connectivity index (χ0) is 16.1. The Bertz CT molecular complexity index is 641. The van der Waals surface area contributed by atoms with Crippen molar-refractivity contribution in [1.29, 1.82) is 0 Å². The molecule has 3 nitrogen and oxygen atoms in total. The molecule has 0 aromatic heterocycles.